The Morgan fingerprint density at radius 2 is 2.04 bits per heavy atom. The zero-order chi connectivity index (χ0) is 18.4. The summed E-state index contributed by atoms with van der Waals surface area (Å²) in [6.07, 6.45) is 0.612. The van der Waals surface area contributed by atoms with Gasteiger partial charge in [0.15, 0.2) is 0 Å². The Labute approximate surface area is 154 Å². The molecule has 0 N–H and O–H groups in total. The average Bonchev–Trinajstić information content (AvgIpc) is 3.27. The van der Waals surface area contributed by atoms with Gasteiger partial charge in [-0.2, -0.15) is 0 Å². The van der Waals surface area contributed by atoms with Crippen LogP contribution in [0.4, 0.5) is 4.39 Å². The second-order valence-electron chi connectivity index (χ2n) is 5.55. The van der Waals surface area contributed by atoms with Crippen LogP contribution in [0.2, 0.25) is 0 Å². The van der Waals surface area contributed by atoms with Crippen LogP contribution in [-0.4, -0.2) is 24.2 Å². The molecule has 0 unspecified atom stereocenters. The number of ether oxygens (including phenoxy) is 2. The third-order valence-corrected chi connectivity index (χ3v) is 4.43. The Balaban J connectivity index is 1.40. The molecule has 7 heteroatoms. The van der Waals surface area contributed by atoms with E-state index in [9.17, 15) is 9.18 Å². The Morgan fingerprint density at radius 1 is 1.23 bits per heavy atom. The van der Waals surface area contributed by atoms with Gasteiger partial charge in [0.25, 0.3) is 0 Å². The molecule has 0 fully saturated rings. The predicted molar refractivity (Wildman–Crippen MR) is 95.7 cm³/mol. The van der Waals surface area contributed by atoms with E-state index in [4.69, 9.17) is 13.9 Å². The van der Waals surface area contributed by atoms with Crippen molar-refractivity contribution in [1.29, 1.82) is 0 Å². The van der Waals surface area contributed by atoms with Crippen LogP contribution >= 0.6 is 11.3 Å². The number of halogens is 1. The molecule has 26 heavy (non-hydrogen) atoms. The van der Waals surface area contributed by atoms with Gasteiger partial charge < -0.3 is 13.9 Å². The monoisotopic (exact) mass is 375 g/mol. The van der Waals surface area contributed by atoms with E-state index in [1.807, 2.05) is 17.5 Å². The molecule has 0 aliphatic rings. The summed E-state index contributed by atoms with van der Waals surface area (Å²) in [5.74, 6) is 1.05. The molecular weight excluding hydrogens is 357 g/mol. The molecule has 1 aromatic carbocycles. The highest BCUT2D eigenvalue weighted by atomic mass is 32.1. The molecule has 136 valence electrons. The zero-order valence-electron chi connectivity index (χ0n) is 14.2. The van der Waals surface area contributed by atoms with Gasteiger partial charge in [0.2, 0.25) is 5.89 Å². The van der Waals surface area contributed by atoms with E-state index in [2.05, 4.69) is 4.98 Å². The molecule has 0 amide bonds. The van der Waals surface area contributed by atoms with Gasteiger partial charge in [0.05, 0.1) is 30.2 Å². The number of oxazole rings is 1. The van der Waals surface area contributed by atoms with E-state index in [1.54, 1.807) is 19.1 Å². The molecule has 3 aromatic rings. The minimum absolute atomic E-state index is 0.0690. The van der Waals surface area contributed by atoms with Crippen LogP contribution in [0, 0.1) is 12.7 Å². The molecule has 0 spiro atoms. The minimum Gasteiger partial charge on any atom is -0.493 e. The Morgan fingerprint density at radius 3 is 2.77 bits per heavy atom. The topological polar surface area (TPSA) is 61.6 Å². The van der Waals surface area contributed by atoms with Crippen molar-refractivity contribution in [1.82, 2.24) is 4.98 Å². The number of nitrogens with zero attached hydrogens (tertiary/aromatic N) is 1. The first-order valence-corrected chi connectivity index (χ1v) is 9.04. The lowest BCUT2D eigenvalue weighted by Gasteiger charge is -2.06. The number of carbonyl (C=O) groups is 1. The van der Waals surface area contributed by atoms with E-state index >= 15 is 0 Å². The fraction of sp³-hybridized carbons (Fsp3) is 0.263. The van der Waals surface area contributed by atoms with Gasteiger partial charge in [-0.25, -0.2) is 9.37 Å². The number of esters is 1. The smallest absolute Gasteiger partial charge is 0.312 e. The van der Waals surface area contributed by atoms with Gasteiger partial charge in [0.1, 0.15) is 17.3 Å². The number of thiophene rings is 1. The van der Waals surface area contributed by atoms with Gasteiger partial charge in [-0.3, -0.25) is 4.79 Å². The second-order valence-corrected chi connectivity index (χ2v) is 6.50. The molecule has 0 radical (unpaired) electrons. The number of aromatic nitrogens is 1. The Kier molecular flexibility index (Phi) is 6.01. The van der Waals surface area contributed by atoms with Crippen LogP contribution in [0.5, 0.6) is 5.75 Å². The van der Waals surface area contributed by atoms with Crippen LogP contribution in [0.3, 0.4) is 0 Å². The lowest BCUT2D eigenvalue weighted by atomic mass is 10.3. The molecule has 2 heterocycles. The summed E-state index contributed by atoms with van der Waals surface area (Å²) in [5.41, 5.74) is 0.584. The van der Waals surface area contributed by atoms with Crippen LogP contribution in [0.1, 0.15) is 17.9 Å². The van der Waals surface area contributed by atoms with E-state index in [1.165, 1.54) is 23.5 Å². The third-order valence-electron chi connectivity index (χ3n) is 3.57. The zero-order valence-corrected chi connectivity index (χ0v) is 15.1. The van der Waals surface area contributed by atoms with Crippen LogP contribution in [-0.2, 0) is 16.0 Å². The molecule has 0 saturated heterocycles. The SMILES string of the molecule is Cc1oc(-c2cccs2)nc1CC(=O)OCCCOc1ccc(F)cc1. The van der Waals surface area contributed by atoms with Crippen molar-refractivity contribution >= 4 is 17.3 Å². The second kappa shape index (κ2) is 8.62. The summed E-state index contributed by atoms with van der Waals surface area (Å²) in [6.45, 7) is 2.41. The fourth-order valence-electron chi connectivity index (χ4n) is 2.25. The first-order chi connectivity index (χ1) is 12.6. The van der Waals surface area contributed by atoms with Crippen molar-refractivity contribution < 1.29 is 23.1 Å². The molecule has 0 aliphatic carbocycles. The average molecular weight is 375 g/mol. The molecule has 0 bridgehead atoms. The molecule has 5 nitrogen and oxygen atoms in total. The molecule has 0 atom stereocenters. The van der Waals surface area contributed by atoms with Crippen LogP contribution in [0.25, 0.3) is 10.8 Å². The Hall–Kier alpha value is -2.67. The quantitative estimate of drug-likeness (QED) is 0.431. The number of rotatable bonds is 8. The van der Waals surface area contributed by atoms with E-state index in [0.717, 1.165) is 4.88 Å². The lowest BCUT2D eigenvalue weighted by Crippen LogP contribution is -2.12. The first-order valence-electron chi connectivity index (χ1n) is 8.16. The standard InChI is InChI=1S/C19H18FNO4S/c1-13-16(21-19(25-13)17-4-2-11-26-17)12-18(22)24-10-3-9-23-15-7-5-14(20)6-8-15/h2,4-8,11H,3,9-10,12H2,1H3. The van der Waals surface area contributed by atoms with Crippen molar-refractivity contribution in [3.63, 3.8) is 0 Å². The number of carbonyl (C=O) groups excluding carboxylic acids is 1. The number of hydrogen-bond acceptors (Lipinski definition) is 6. The summed E-state index contributed by atoms with van der Waals surface area (Å²) in [5, 5.41) is 1.94. The van der Waals surface area contributed by atoms with E-state index in [-0.39, 0.29) is 24.8 Å². The highest BCUT2D eigenvalue weighted by Crippen LogP contribution is 2.26. The van der Waals surface area contributed by atoms with Gasteiger partial charge in [-0.1, -0.05) is 6.07 Å². The van der Waals surface area contributed by atoms with Crippen molar-refractivity contribution in [2.75, 3.05) is 13.2 Å². The lowest BCUT2D eigenvalue weighted by molar-refractivity contribution is -0.143. The molecule has 2 aromatic heterocycles. The van der Waals surface area contributed by atoms with Crippen molar-refractivity contribution in [2.45, 2.75) is 19.8 Å². The normalized spacial score (nSPS) is 10.7. The highest BCUT2D eigenvalue weighted by Gasteiger charge is 2.16. The maximum Gasteiger partial charge on any atom is 0.312 e. The number of aryl methyl sites for hydroxylation is 1. The molecule has 3 rings (SSSR count). The number of hydrogen-bond donors (Lipinski definition) is 0. The molecule has 0 aliphatic heterocycles. The summed E-state index contributed by atoms with van der Waals surface area (Å²) in [4.78, 5) is 17.2. The van der Waals surface area contributed by atoms with Crippen molar-refractivity contribution in [3.05, 3.63) is 59.0 Å². The maximum absolute atomic E-state index is 12.8. The Bertz CT molecular complexity index is 843. The summed E-state index contributed by atoms with van der Waals surface area (Å²) >= 11 is 1.53. The largest absolute Gasteiger partial charge is 0.493 e. The first kappa shape index (κ1) is 18.1. The fourth-order valence-corrected chi connectivity index (χ4v) is 2.90. The summed E-state index contributed by atoms with van der Waals surface area (Å²) in [6, 6.07) is 9.61. The molecule has 0 saturated carbocycles. The van der Waals surface area contributed by atoms with Crippen molar-refractivity contribution in [2.24, 2.45) is 0 Å². The molecular formula is C19H18FNO4S. The van der Waals surface area contributed by atoms with Gasteiger partial charge in [-0.05, 0) is 42.6 Å². The highest BCUT2D eigenvalue weighted by molar-refractivity contribution is 7.13. The van der Waals surface area contributed by atoms with Gasteiger partial charge >= 0.3 is 5.97 Å². The minimum atomic E-state index is -0.360. The maximum atomic E-state index is 12.8. The third kappa shape index (κ3) is 4.92. The predicted octanol–water partition coefficient (Wildman–Crippen LogP) is 4.41. The van der Waals surface area contributed by atoms with Gasteiger partial charge in [-0.15, -0.1) is 11.3 Å². The number of benzene rings is 1. The van der Waals surface area contributed by atoms with E-state index < -0.39 is 0 Å². The summed E-state index contributed by atoms with van der Waals surface area (Å²) < 4.78 is 29.0. The van der Waals surface area contributed by atoms with Crippen molar-refractivity contribution in [3.8, 4) is 16.5 Å². The summed E-state index contributed by atoms with van der Waals surface area (Å²) in [7, 11) is 0. The van der Waals surface area contributed by atoms with E-state index in [0.29, 0.717) is 36.1 Å². The van der Waals surface area contributed by atoms with Crippen LogP contribution in [0.15, 0.2) is 46.2 Å². The van der Waals surface area contributed by atoms with Gasteiger partial charge in [0, 0.05) is 6.42 Å². The van der Waals surface area contributed by atoms with Crippen LogP contribution < -0.4 is 4.74 Å².